The molecule has 0 saturated carbocycles. The number of rotatable bonds is 6. The zero-order chi connectivity index (χ0) is 12.8. The van der Waals surface area contributed by atoms with Gasteiger partial charge in [0.25, 0.3) is 0 Å². The van der Waals surface area contributed by atoms with Crippen LogP contribution in [0.5, 0.6) is 0 Å². The van der Waals surface area contributed by atoms with E-state index in [-0.39, 0.29) is 6.42 Å². The molecular formula is C13H15N3O2. The molecule has 0 saturated heterocycles. The molecular weight excluding hydrogens is 230 g/mol. The van der Waals surface area contributed by atoms with Gasteiger partial charge in [0.15, 0.2) is 0 Å². The second kappa shape index (κ2) is 5.95. The van der Waals surface area contributed by atoms with Crippen LogP contribution in [0.25, 0.3) is 0 Å². The van der Waals surface area contributed by atoms with Crippen molar-refractivity contribution in [2.45, 2.75) is 25.8 Å². The van der Waals surface area contributed by atoms with Crippen LogP contribution in [0, 0.1) is 0 Å². The van der Waals surface area contributed by atoms with Crippen molar-refractivity contribution in [2.75, 3.05) is 0 Å². The van der Waals surface area contributed by atoms with E-state index in [2.05, 4.69) is 22.4 Å². The molecule has 0 aliphatic carbocycles. The molecule has 0 aliphatic heterocycles. The van der Waals surface area contributed by atoms with Crippen LogP contribution >= 0.6 is 0 Å². The van der Waals surface area contributed by atoms with Crippen molar-refractivity contribution in [1.29, 1.82) is 0 Å². The van der Waals surface area contributed by atoms with E-state index in [1.54, 1.807) is 10.9 Å². The third-order valence-electron chi connectivity index (χ3n) is 2.61. The number of benzene rings is 1. The van der Waals surface area contributed by atoms with E-state index in [4.69, 9.17) is 5.11 Å². The lowest BCUT2D eigenvalue weighted by atomic mass is 10.1. The summed E-state index contributed by atoms with van der Waals surface area (Å²) in [5.41, 5.74) is 1.80. The number of nitrogens with zero attached hydrogens (tertiary/aromatic N) is 3. The number of carboxylic acids is 1. The topological polar surface area (TPSA) is 68.0 Å². The third kappa shape index (κ3) is 3.69. The second-order valence-corrected chi connectivity index (χ2v) is 4.13. The SMILES string of the molecule is O=C(O)Cc1cn(CCCc2ccccc2)nn1. The fourth-order valence-electron chi connectivity index (χ4n) is 1.77. The molecule has 0 spiro atoms. The highest BCUT2D eigenvalue weighted by atomic mass is 16.4. The average Bonchev–Trinajstić information content (AvgIpc) is 2.77. The minimum atomic E-state index is -0.883. The van der Waals surface area contributed by atoms with Gasteiger partial charge in [-0.25, -0.2) is 0 Å². The average molecular weight is 245 g/mol. The number of carboxylic acid groups (broad SMARTS) is 1. The summed E-state index contributed by atoms with van der Waals surface area (Å²) in [6.07, 6.45) is 3.56. The van der Waals surface area contributed by atoms with Gasteiger partial charge in [0.2, 0.25) is 0 Å². The van der Waals surface area contributed by atoms with Crippen molar-refractivity contribution in [3.8, 4) is 0 Å². The normalized spacial score (nSPS) is 10.4. The number of aryl methyl sites for hydroxylation is 2. The zero-order valence-corrected chi connectivity index (χ0v) is 9.99. The first-order valence-electron chi connectivity index (χ1n) is 5.89. The van der Waals surface area contributed by atoms with Gasteiger partial charge in [0.05, 0.1) is 12.1 Å². The molecule has 0 unspecified atom stereocenters. The predicted molar refractivity (Wildman–Crippen MR) is 66.1 cm³/mol. The van der Waals surface area contributed by atoms with Gasteiger partial charge in [0, 0.05) is 12.7 Å². The van der Waals surface area contributed by atoms with E-state index in [0.29, 0.717) is 5.69 Å². The van der Waals surface area contributed by atoms with Crippen molar-refractivity contribution < 1.29 is 9.90 Å². The van der Waals surface area contributed by atoms with Crippen LogP contribution in [0.2, 0.25) is 0 Å². The van der Waals surface area contributed by atoms with Gasteiger partial charge in [-0.3, -0.25) is 9.48 Å². The summed E-state index contributed by atoms with van der Waals surface area (Å²) in [7, 11) is 0. The van der Waals surface area contributed by atoms with Gasteiger partial charge in [0.1, 0.15) is 0 Å². The van der Waals surface area contributed by atoms with Crippen LogP contribution < -0.4 is 0 Å². The van der Waals surface area contributed by atoms with Crippen LogP contribution in [0.1, 0.15) is 17.7 Å². The molecule has 2 rings (SSSR count). The first-order valence-corrected chi connectivity index (χ1v) is 5.89. The molecule has 0 aliphatic rings. The minimum absolute atomic E-state index is 0.0707. The van der Waals surface area contributed by atoms with E-state index >= 15 is 0 Å². The largest absolute Gasteiger partial charge is 0.481 e. The monoisotopic (exact) mass is 245 g/mol. The molecule has 1 heterocycles. The molecule has 0 atom stereocenters. The van der Waals surface area contributed by atoms with Crippen molar-refractivity contribution >= 4 is 5.97 Å². The van der Waals surface area contributed by atoms with Crippen LogP contribution in [0.3, 0.4) is 0 Å². The van der Waals surface area contributed by atoms with Gasteiger partial charge in [-0.1, -0.05) is 35.5 Å². The molecule has 0 radical (unpaired) electrons. The molecule has 1 aromatic heterocycles. The number of carbonyl (C=O) groups is 1. The summed E-state index contributed by atoms with van der Waals surface area (Å²) in [5.74, 6) is -0.883. The lowest BCUT2D eigenvalue weighted by Gasteiger charge is -2.01. The Bertz CT molecular complexity index is 508. The highest BCUT2D eigenvalue weighted by Crippen LogP contribution is 2.04. The molecule has 18 heavy (non-hydrogen) atoms. The highest BCUT2D eigenvalue weighted by Gasteiger charge is 2.05. The Morgan fingerprint density at radius 2 is 2.06 bits per heavy atom. The van der Waals surface area contributed by atoms with Gasteiger partial charge in [-0.15, -0.1) is 5.10 Å². The molecule has 5 nitrogen and oxygen atoms in total. The second-order valence-electron chi connectivity index (χ2n) is 4.13. The third-order valence-corrected chi connectivity index (χ3v) is 2.61. The number of aromatic nitrogens is 3. The summed E-state index contributed by atoms with van der Waals surface area (Å²) in [6.45, 7) is 0.752. The maximum Gasteiger partial charge on any atom is 0.309 e. The van der Waals surface area contributed by atoms with Crippen LogP contribution in [0.4, 0.5) is 0 Å². The summed E-state index contributed by atoms with van der Waals surface area (Å²) < 4.78 is 1.70. The molecule has 0 bridgehead atoms. The molecule has 0 fully saturated rings. The van der Waals surface area contributed by atoms with Gasteiger partial charge >= 0.3 is 5.97 Å². The van der Waals surface area contributed by atoms with E-state index in [0.717, 1.165) is 19.4 Å². The summed E-state index contributed by atoms with van der Waals surface area (Å²) in [6, 6.07) is 10.2. The Morgan fingerprint density at radius 3 is 2.78 bits per heavy atom. The lowest BCUT2D eigenvalue weighted by molar-refractivity contribution is -0.136. The van der Waals surface area contributed by atoms with E-state index in [9.17, 15) is 4.79 Å². The Kier molecular flexibility index (Phi) is 4.06. The molecule has 5 heteroatoms. The van der Waals surface area contributed by atoms with Crippen LogP contribution in [-0.2, 0) is 24.2 Å². The van der Waals surface area contributed by atoms with Gasteiger partial charge < -0.3 is 5.11 Å². The van der Waals surface area contributed by atoms with Crippen molar-refractivity contribution in [1.82, 2.24) is 15.0 Å². The first kappa shape index (κ1) is 12.3. The van der Waals surface area contributed by atoms with Crippen molar-refractivity contribution in [3.63, 3.8) is 0 Å². The summed E-state index contributed by atoms with van der Waals surface area (Å²) in [5, 5.41) is 16.3. The smallest absolute Gasteiger partial charge is 0.309 e. The molecule has 94 valence electrons. The van der Waals surface area contributed by atoms with Gasteiger partial charge in [-0.05, 0) is 18.4 Å². The number of hydrogen-bond donors (Lipinski definition) is 1. The van der Waals surface area contributed by atoms with E-state index < -0.39 is 5.97 Å². The van der Waals surface area contributed by atoms with Crippen molar-refractivity contribution in [2.24, 2.45) is 0 Å². The highest BCUT2D eigenvalue weighted by molar-refractivity contribution is 5.69. The Balaban J connectivity index is 1.80. The number of aliphatic carboxylic acids is 1. The zero-order valence-electron chi connectivity index (χ0n) is 9.99. The van der Waals surface area contributed by atoms with Crippen molar-refractivity contribution in [3.05, 3.63) is 47.8 Å². The molecule has 1 N–H and O–H groups in total. The maximum absolute atomic E-state index is 10.5. The fraction of sp³-hybridized carbons (Fsp3) is 0.308. The molecule has 0 amide bonds. The van der Waals surface area contributed by atoms with E-state index in [1.165, 1.54) is 5.56 Å². The van der Waals surface area contributed by atoms with Gasteiger partial charge in [-0.2, -0.15) is 0 Å². The standard InChI is InChI=1S/C13H15N3O2/c17-13(18)9-12-10-16(15-14-12)8-4-7-11-5-2-1-3-6-11/h1-3,5-6,10H,4,7-9H2,(H,17,18). The summed E-state index contributed by atoms with van der Waals surface area (Å²) >= 11 is 0. The maximum atomic E-state index is 10.5. The Morgan fingerprint density at radius 1 is 1.28 bits per heavy atom. The first-order chi connectivity index (χ1) is 8.74. The summed E-state index contributed by atoms with van der Waals surface area (Å²) in [4.78, 5) is 10.5. The quantitative estimate of drug-likeness (QED) is 0.838. The lowest BCUT2D eigenvalue weighted by Crippen LogP contribution is -2.01. The molecule has 2 aromatic rings. The van der Waals surface area contributed by atoms with E-state index in [1.807, 2.05) is 18.2 Å². The Hall–Kier alpha value is -2.17. The minimum Gasteiger partial charge on any atom is -0.481 e. The predicted octanol–water partition coefficient (Wildman–Crippen LogP) is 1.54. The fourth-order valence-corrected chi connectivity index (χ4v) is 1.77. The Labute approximate surface area is 105 Å². The number of hydrogen-bond acceptors (Lipinski definition) is 3. The van der Waals surface area contributed by atoms with Crippen LogP contribution in [0.15, 0.2) is 36.5 Å². The van der Waals surface area contributed by atoms with Crippen LogP contribution in [-0.4, -0.2) is 26.1 Å². The molecule has 1 aromatic carbocycles.